The molecule has 20 heavy (non-hydrogen) atoms. The molecule has 0 fully saturated rings. The summed E-state index contributed by atoms with van der Waals surface area (Å²) in [6.07, 6.45) is 0. The summed E-state index contributed by atoms with van der Waals surface area (Å²) in [6, 6.07) is 5.80. The first-order valence-corrected chi connectivity index (χ1v) is 7.12. The van der Waals surface area contributed by atoms with Gasteiger partial charge in [-0.1, -0.05) is 11.3 Å². The Balaban J connectivity index is 2.21. The first-order valence-electron chi connectivity index (χ1n) is 6.30. The predicted octanol–water partition coefficient (Wildman–Crippen LogP) is 2.78. The van der Waals surface area contributed by atoms with Gasteiger partial charge >= 0.3 is 0 Å². The van der Waals surface area contributed by atoms with Crippen LogP contribution in [0.1, 0.15) is 23.6 Å². The van der Waals surface area contributed by atoms with Gasteiger partial charge in [0.25, 0.3) is 5.91 Å². The van der Waals surface area contributed by atoms with Gasteiger partial charge in [0.1, 0.15) is 5.82 Å². The Labute approximate surface area is 120 Å². The molecule has 0 radical (unpaired) electrons. The Morgan fingerprint density at radius 2 is 2.00 bits per heavy atom. The number of anilines is 2. The molecule has 7 heteroatoms. The van der Waals surface area contributed by atoms with Gasteiger partial charge in [-0.15, -0.1) is 10.2 Å². The van der Waals surface area contributed by atoms with Crippen molar-refractivity contribution in [3.63, 3.8) is 0 Å². The summed E-state index contributed by atoms with van der Waals surface area (Å²) in [6.45, 7) is 4.99. The third-order valence-electron chi connectivity index (χ3n) is 2.64. The second kappa shape index (κ2) is 6.42. The Morgan fingerprint density at radius 1 is 1.30 bits per heavy atom. The number of hydrogen-bond acceptors (Lipinski definition) is 5. The number of carbonyl (C=O) groups excluding carboxylic acids is 1. The smallest absolute Gasteiger partial charge is 0.289 e. The number of nitrogens with zero attached hydrogens (tertiary/aromatic N) is 3. The van der Waals surface area contributed by atoms with Gasteiger partial charge in [-0.05, 0) is 38.1 Å². The molecule has 1 heterocycles. The molecular formula is C13H15FN4OS. The van der Waals surface area contributed by atoms with Crippen LogP contribution in [0.25, 0.3) is 0 Å². The van der Waals surface area contributed by atoms with Crippen molar-refractivity contribution in [3.8, 4) is 0 Å². The molecule has 0 bridgehead atoms. The molecule has 1 aromatic carbocycles. The van der Waals surface area contributed by atoms with E-state index >= 15 is 0 Å². The predicted molar refractivity (Wildman–Crippen MR) is 77.8 cm³/mol. The number of hydrogen-bond donors (Lipinski definition) is 1. The van der Waals surface area contributed by atoms with Crippen LogP contribution in [0.3, 0.4) is 0 Å². The summed E-state index contributed by atoms with van der Waals surface area (Å²) >= 11 is 1.21. The van der Waals surface area contributed by atoms with Gasteiger partial charge in [-0.2, -0.15) is 0 Å². The summed E-state index contributed by atoms with van der Waals surface area (Å²) < 4.78 is 12.9. The molecule has 0 aliphatic rings. The van der Waals surface area contributed by atoms with E-state index in [0.29, 0.717) is 22.4 Å². The maximum Gasteiger partial charge on any atom is 0.289 e. The summed E-state index contributed by atoms with van der Waals surface area (Å²) in [5.41, 5.74) is 0.638. The molecule has 0 aliphatic heterocycles. The van der Waals surface area contributed by atoms with Crippen molar-refractivity contribution < 1.29 is 9.18 Å². The molecule has 2 aromatic rings. The molecule has 0 saturated carbocycles. The van der Waals surface area contributed by atoms with E-state index in [2.05, 4.69) is 15.5 Å². The third kappa shape index (κ3) is 3.11. The lowest BCUT2D eigenvalue weighted by Gasteiger charge is -2.19. The molecule has 0 unspecified atom stereocenters. The standard InChI is InChI=1S/C13H15FN4OS/c1-3-15-13-17-16-11(20-13)12(19)18(4-2)10-7-5-9(14)6-8-10/h5-8H,3-4H2,1-2H3,(H,15,17). The Kier molecular flexibility index (Phi) is 4.62. The molecule has 0 spiro atoms. The first kappa shape index (κ1) is 14.4. The molecule has 1 aromatic heterocycles. The minimum absolute atomic E-state index is 0.235. The minimum Gasteiger partial charge on any atom is -0.360 e. The molecule has 1 N–H and O–H groups in total. The topological polar surface area (TPSA) is 58.1 Å². The Morgan fingerprint density at radius 3 is 2.60 bits per heavy atom. The van der Waals surface area contributed by atoms with Gasteiger partial charge in [0.2, 0.25) is 10.1 Å². The van der Waals surface area contributed by atoms with Crippen LogP contribution in [0.2, 0.25) is 0 Å². The average molecular weight is 294 g/mol. The van der Waals surface area contributed by atoms with Crippen molar-refractivity contribution in [2.24, 2.45) is 0 Å². The maximum atomic E-state index is 12.9. The fourth-order valence-electron chi connectivity index (χ4n) is 1.71. The van der Waals surface area contributed by atoms with Crippen molar-refractivity contribution >= 4 is 28.1 Å². The van der Waals surface area contributed by atoms with E-state index in [-0.39, 0.29) is 11.7 Å². The van der Waals surface area contributed by atoms with Crippen LogP contribution in [0.15, 0.2) is 24.3 Å². The fourth-order valence-corrected chi connectivity index (χ4v) is 2.47. The number of carbonyl (C=O) groups is 1. The van der Waals surface area contributed by atoms with Crippen LogP contribution >= 0.6 is 11.3 Å². The van der Waals surface area contributed by atoms with E-state index in [1.165, 1.54) is 28.4 Å². The fraction of sp³-hybridized carbons (Fsp3) is 0.308. The van der Waals surface area contributed by atoms with E-state index in [1.807, 2.05) is 13.8 Å². The zero-order valence-electron chi connectivity index (χ0n) is 11.3. The molecule has 1 amide bonds. The van der Waals surface area contributed by atoms with Gasteiger partial charge in [0.15, 0.2) is 0 Å². The van der Waals surface area contributed by atoms with Gasteiger partial charge in [-0.3, -0.25) is 4.79 Å². The molecular weight excluding hydrogens is 279 g/mol. The van der Waals surface area contributed by atoms with E-state index < -0.39 is 0 Å². The highest BCUT2D eigenvalue weighted by Gasteiger charge is 2.20. The lowest BCUT2D eigenvalue weighted by atomic mass is 10.2. The van der Waals surface area contributed by atoms with Crippen LogP contribution < -0.4 is 10.2 Å². The number of amides is 1. The maximum absolute atomic E-state index is 12.9. The van der Waals surface area contributed by atoms with Crippen LogP contribution in [0.4, 0.5) is 15.2 Å². The second-order valence-electron chi connectivity index (χ2n) is 3.97. The summed E-state index contributed by atoms with van der Waals surface area (Å²) in [5.74, 6) is -0.566. The summed E-state index contributed by atoms with van der Waals surface area (Å²) in [5, 5.41) is 11.7. The summed E-state index contributed by atoms with van der Waals surface area (Å²) in [4.78, 5) is 13.9. The van der Waals surface area contributed by atoms with E-state index in [0.717, 1.165) is 6.54 Å². The molecule has 5 nitrogen and oxygen atoms in total. The van der Waals surface area contributed by atoms with Crippen molar-refractivity contribution in [3.05, 3.63) is 35.1 Å². The molecule has 0 aliphatic carbocycles. The van der Waals surface area contributed by atoms with Crippen LogP contribution in [-0.4, -0.2) is 29.2 Å². The van der Waals surface area contributed by atoms with E-state index in [1.54, 1.807) is 12.1 Å². The van der Waals surface area contributed by atoms with Crippen molar-refractivity contribution in [1.29, 1.82) is 0 Å². The van der Waals surface area contributed by atoms with Crippen LogP contribution in [0, 0.1) is 5.82 Å². The monoisotopic (exact) mass is 294 g/mol. The lowest BCUT2D eigenvalue weighted by molar-refractivity contribution is 0.0987. The Bertz CT molecular complexity index is 584. The first-order chi connectivity index (χ1) is 9.65. The highest BCUT2D eigenvalue weighted by atomic mass is 32.1. The van der Waals surface area contributed by atoms with E-state index in [9.17, 15) is 9.18 Å². The highest BCUT2D eigenvalue weighted by molar-refractivity contribution is 7.17. The van der Waals surface area contributed by atoms with E-state index in [4.69, 9.17) is 0 Å². The van der Waals surface area contributed by atoms with Crippen molar-refractivity contribution in [2.45, 2.75) is 13.8 Å². The lowest BCUT2D eigenvalue weighted by Crippen LogP contribution is -2.30. The minimum atomic E-state index is -0.331. The van der Waals surface area contributed by atoms with Crippen molar-refractivity contribution in [1.82, 2.24) is 10.2 Å². The zero-order valence-corrected chi connectivity index (χ0v) is 12.1. The number of aromatic nitrogens is 2. The number of benzene rings is 1. The second-order valence-corrected chi connectivity index (χ2v) is 4.95. The third-order valence-corrected chi connectivity index (χ3v) is 3.50. The molecule has 106 valence electrons. The van der Waals surface area contributed by atoms with Crippen LogP contribution in [-0.2, 0) is 0 Å². The normalized spacial score (nSPS) is 10.3. The zero-order chi connectivity index (χ0) is 14.5. The Hall–Kier alpha value is -2.02. The van der Waals surface area contributed by atoms with Gasteiger partial charge in [0, 0.05) is 18.8 Å². The summed E-state index contributed by atoms with van der Waals surface area (Å²) in [7, 11) is 0. The highest BCUT2D eigenvalue weighted by Crippen LogP contribution is 2.21. The number of rotatable bonds is 5. The van der Waals surface area contributed by atoms with Crippen LogP contribution in [0.5, 0.6) is 0 Å². The number of nitrogens with one attached hydrogen (secondary N) is 1. The molecule has 0 saturated heterocycles. The average Bonchev–Trinajstić information content (AvgIpc) is 2.90. The largest absolute Gasteiger partial charge is 0.360 e. The number of halogens is 1. The quantitative estimate of drug-likeness (QED) is 0.921. The molecule has 2 rings (SSSR count). The SMILES string of the molecule is CCNc1nnc(C(=O)N(CC)c2ccc(F)cc2)s1. The van der Waals surface area contributed by atoms with Crippen molar-refractivity contribution in [2.75, 3.05) is 23.3 Å². The van der Waals surface area contributed by atoms with Gasteiger partial charge in [0.05, 0.1) is 0 Å². The molecule has 0 atom stereocenters. The van der Waals surface area contributed by atoms with Gasteiger partial charge < -0.3 is 10.2 Å². The van der Waals surface area contributed by atoms with Gasteiger partial charge in [-0.25, -0.2) is 4.39 Å².